The number of hydrogen-bond acceptors (Lipinski definition) is 5. The summed E-state index contributed by atoms with van der Waals surface area (Å²) in [6.45, 7) is 4.79. The number of alkyl carbamates (subject to hydrolysis) is 1. The van der Waals surface area contributed by atoms with Crippen LogP contribution in [0.3, 0.4) is 0 Å². The number of carbonyl (C=O) groups is 2. The Morgan fingerprint density at radius 2 is 1.78 bits per heavy atom. The fourth-order valence-corrected chi connectivity index (χ4v) is 2.18. The molecule has 0 saturated heterocycles. The number of aliphatic hydroxyl groups is 2. The maximum atomic E-state index is 12.8. The van der Waals surface area contributed by atoms with Crippen molar-refractivity contribution in [2.75, 3.05) is 6.54 Å². The highest BCUT2D eigenvalue weighted by Gasteiger charge is 2.33. The Morgan fingerprint density at radius 3 is 2.26 bits per heavy atom. The van der Waals surface area contributed by atoms with Crippen molar-refractivity contribution in [3.8, 4) is 0 Å². The van der Waals surface area contributed by atoms with E-state index in [1.165, 1.54) is 0 Å². The van der Waals surface area contributed by atoms with E-state index in [2.05, 4.69) is 5.32 Å². The Kier molecular flexibility index (Phi) is 7.21. The molecule has 0 aromatic heterocycles. The van der Waals surface area contributed by atoms with Crippen molar-refractivity contribution in [3.63, 3.8) is 0 Å². The molecular formula is C17H22F3NO6. The second kappa shape index (κ2) is 8.57. The van der Waals surface area contributed by atoms with E-state index in [-0.39, 0.29) is 13.0 Å². The lowest BCUT2D eigenvalue weighted by molar-refractivity contribution is -0.137. The topological polar surface area (TPSA) is 116 Å². The van der Waals surface area contributed by atoms with E-state index in [4.69, 9.17) is 9.84 Å². The number of hydrogen-bond donors (Lipinski definition) is 4. The van der Waals surface area contributed by atoms with Crippen molar-refractivity contribution < 1.29 is 42.8 Å². The first kappa shape index (κ1) is 22.7. The molecule has 0 spiro atoms. The number of halogens is 3. The van der Waals surface area contributed by atoms with Crippen LogP contribution in [0.15, 0.2) is 18.2 Å². The second-order valence-electron chi connectivity index (χ2n) is 6.83. The van der Waals surface area contributed by atoms with Crippen LogP contribution < -0.4 is 5.32 Å². The number of ether oxygens (including phenoxy) is 1. The van der Waals surface area contributed by atoms with Gasteiger partial charge >= 0.3 is 18.2 Å². The summed E-state index contributed by atoms with van der Waals surface area (Å²) in [5.74, 6) is -1.54. The summed E-state index contributed by atoms with van der Waals surface area (Å²) >= 11 is 0. The highest BCUT2D eigenvalue weighted by molar-refractivity contribution is 5.89. The summed E-state index contributed by atoms with van der Waals surface area (Å²) in [5, 5.41) is 31.6. The predicted molar refractivity (Wildman–Crippen MR) is 88.2 cm³/mol. The van der Waals surface area contributed by atoms with E-state index in [9.17, 15) is 33.0 Å². The maximum absolute atomic E-state index is 12.8. The van der Waals surface area contributed by atoms with Crippen molar-refractivity contribution >= 4 is 12.1 Å². The Morgan fingerprint density at radius 1 is 1.19 bits per heavy atom. The lowest BCUT2D eigenvalue weighted by Gasteiger charge is -2.22. The molecule has 0 heterocycles. The van der Waals surface area contributed by atoms with Gasteiger partial charge in [0.05, 0.1) is 17.2 Å². The fraction of sp³-hybridized carbons (Fsp3) is 0.529. The number of aliphatic hydroxyl groups excluding tert-OH is 2. The highest BCUT2D eigenvalue weighted by atomic mass is 19.4. The number of carbonyl (C=O) groups excluding carboxylic acids is 1. The van der Waals surface area contributed by atoms with Gasteiger partial charge in [-0.1, -0.05) is 0 Å². The number of rotatable bonds is 6. The quantitative estimate of drug-likeness (QED) is 0.591. The van der Waals surface area contributed by atoms with Crippen molar-refractivity contribution in [2.45, 2.75) is 51.2 Å². The smallest absolute Gasteiger partial charge is 0.416 e. The third-order valence-corrected chi connectivity index (χ3v) is 3.40. The van der Waals surface area contributed by atoms with Crippen molar-refractivity contribution in [1.82, 2.24) is 5.32 Å². The summed E-state index contributed by atoms with van der Waals surface area (Å²) in [5.41, 5.74) is -3.02. The molecule has 4 N–H and O–H groups in total. The summed E-state index contributed by atoms with van der Waals surface area (Å²) in [6.07, 6.45) is -9.25. The van der Waals surface area contributed by atoms with Gasteiger partial charge in [-0.25, -0.2) is 9.59 Å². The number of benzene rings is 1. The number of carboxylic acid groups (broad SMARTS) is 1. The summed E-state index contributed by atoms with van der Waals surface area (Å²) in [7, 11) is 0. The Labute approximate surface area is 153 Å². The first-order valence-electron chi connectivity index (χ1n) is 8.00. The number of amides is 1. The van der Waals surface area contributed by atoms with Crippen LogP contribution in [0.25, 0.3) is 0 Å². The van der Waals surface area contributed by atoms with Gasteiger partial charge in [0.1, 0.15) is 11.7 Å². The predicted octanol–water partition coefficient (Wildman–Crippen LogP) is 2.71. The molecule has 2 atom stereocenters. The van der Waals surface area contributed by atoms with Crippen LogP contribution in [0.5, 0.6) is 0 Å². The van der Waals surface area contributed by atoms with Crippen LogP contribution in [-0.4, -0.2) is 45.6 Å². The third-order valence-electron chi connectivity index (χ3n) is 3.40. The summed E-state index contributed by atoms with van der Waals surface area (Å²) < 4.78 is 43.5. The zero-order chi connectivity index (χ0) is 21.0. The first-order chi connectivity index (χ1) is 12.2. The Hall–Kier alpha value is -2.33. The average molecular weight is 393 g/mol. The molecule has 1 amide bonds. The van der Waals surface area contributed by atoms with E-state index < -0.39 is 52.7 Å². The molecule has 2 unspecified atom stereocenters. The molecule has 152 valence electrons. The van der Waals surface area contributed by atoms with Crippen LogP contribution in [-0.2, 0) is 10.9 Å². The monoisotopic (exact) mass is 393 g/mol. The summed E-state index contributed by atoms with van der Waals surface area (Å²) in [4.78, 5) is 22.7. The standard InChI is InChI=1S/C17H22F3NO6/c1-16(2,3)27-15(26)21-7-6-12(22)13(23)11-8-9(17(18,19)20)4-5-10(11)14(24)25/h4-5,8,12-13,22-23H,6-7H2,1-3H3,(H,21,26)(H,24,25). The molecule has 7 nitrogen and oxygen atoms in total. The second-order valence-corrected chi connectivity index (χ2v) is 6.83. The molecule has 0 aliphatic rings. The minimum Gasteiger partial charge on any atom is -0.478 e. The van der Waals surface area contributed by atoms with E-state index >= 15 is 0 Å². The van der Waals surface area contributed by atoms with E-state index in [0.717, 1.165) is 6.07 Å². The zero-order valence-corrected chi connectivity index (χ0v) is 15.0. The van der Waals surface area contributed by atoms with Gasteiger partial charge in [0.2, 0.25) is 0 Å². The molecule has 0 fully saturated rings. The molecule has 0 saturated carbocycles. The minimum absolute atomic E-state index is 0.144. The number of aromatic carboxylic acids is 1. The van der Waals surface area contributed by atoms with E-state index in [1.54, 1.807) is 20.8 Å². The Balaban J connectivity index is 2.86. The van der Waals surface area contributed by atoms with Crippen LogP contribution in [0.1, 0.15) is 54.8 Å². The maximum Gasteiger partial charge on any atom is 0.416 e. The van der Waals surface area contributed by atoms with Gasteiger partial charge in [-0.3, -0.25) is 0 Å². The largest absolute Gasteiger partial charge is 0.478 e. The van der Waals surface area contributed by atoms with Crippen LogP contribution >= 0.6 is 0 Å². The third kappa shape index (κ3) is 7.06. The SMILES string of the molecule is CC(C)(C)OC(=O)NCCC(O)C(O)c1cc(C(F)(F)F)ccc1C(=O)O. The number of alkyl halides is 3. The van der Waals surface area contributed by atoms with E-state index in [0.29, 0.717) is 12.1 Å². The molecule has 10 heteroatoms. The zero-order valence-electron chi connectivity index (χ0n) is 15.0. The van der Waals surface area contributed by atoms with Crippen molar-refractivity contribution in [1.29, 1.82) is 0 Å². The van der Waals surface area contributed by atoms with Crippen LogP contribution in [0.4, 0.5) is 18.0 Å². The number of nitrogens with one attached hydrogen (secondary N) is 1. The molecule has 1 aromatic rings. The first-order valence-corrected chi connectivity index (χ1v) is 8.00. The lowest BCUT2D eigenvalue weighted by Crippen LogP contribution is -2.34. The normalized spacial score (nSPS) is 14.4. The fourth-order valence-electron chi connectivity index (χ4n) is 2.18. The van der Waals surface area contributed by atoms with E-state index in [1.807, 2.05) is 0 Å². The number of carboxylic acids is 1. The molecule has 0 radical (unpaired) electrons. The molecule has 1 aromatic carbocycles. The Bertz CT molecular complexity index is 684. The molecular weight excluding hydrogens is 371 g/mol. The van der Waals surface area contributed by atoms with Gasteiger partial charge in [-0.15, -0.1) is 0 Å². The van der Waals surface area contributed by atoms with Crippen molar-refractivity contribution in [3.05, 3.63) is 34.9 Å². The molecule has 27 heavy (non-hydrogen) atoms. The molecule has 0 bridgehead atoms. The van der Waals surface area contributed by atoms with Crippen LogP contribution in [0.2, 0.25) is 0 Å². The van der Waals surface area contributed by atoms with Gasteiger partial charge in [0.15, 0.2) is 0 Å². The van der Waals surface area contributed by atoms with Crippen molar-refractivity contribution in [2.24, 2.45) is 0 Å². The molecule has 1 rings (SSSR count). The van der Waals surface area contributed by atoms with Gasteiger partial charge < -0.3 is 25.4 Å². The molecule has 0 aliphatic carbocycles. The van der Waals surface area contributed by atoms with Gasteiger partial charge in [0.25, 0.3) is 0 Å². The van der Waals surface area contributed by atoms with Crippen LogP contribution in [0, 0.1) is 0 Å². The van der Waals surface area contributed by atoms with Gasteiger partial charge in [-0.2, -0.15) is 13.2 Å². The highest BCUT2D eigenvalue weighted by Crippen LogP contribution is 2.33. The lowest BCUT2D eigenvalue weighted by atomic mass is 9.95. The summed E-state index contributed by atoms with van der Waals surface area (Å²) in [6, 6.07) is 1.78. The minimum atomic E-state index is -4.74. The van der Waals surface area contributed by atoms with Gasteiger partial charge in [0, 0.05) is 6.54 Å². The van der Waals surface area contributed by atoms with Gasteiger partial charge in [-0.05, 0) is 51.0 Å². The molecule has 0 aliphatic heterocycles. The average Bonchev–Trinajstić information content (AvgIpc) is 2.50.